The van der Waals surface area contributed by atoms with Crippen LogP contribution in [0.5, 0.6) is 0 Å². The van der Waals surface area contributed by atoms with E-state index in [0.717, 1.165) is 38.5 Å². The van der Waals surface area contributed by atoms with E-state index in [2.05, 4.69) is 13.5 Å². The molecule has 4 nitrogen and oxygen atoms in total. The summed E-state index contributed by atoms with van der Waals surface area (Å²) in [5.74, 6) is -0.330. The number of fused-ring (bicyclic) bond motifs is 3. The monoisotopic (exact) mass is 320 g/mol. The summed E-state index contributed by atoms with van der Waals surface area (Å²) in [5, 5.41) is 0. The average molecular weight is 320 g/mol. The average Bonchev–Trinajstić information content (AvgIpc) is 3.05. The zero-order chi connectivity index (χ0) is 15.7. The summed E-state index contributed by atoms with van der Waals surface area (Å²) < 4.78 is 25.9. The molecule has 5 aliphatic rings. The molecule has 2 spiro atoms. The lowest BCUT2D eigenvalue weighted by atomic mass is 9.75. The van der Waals surface area contributed by atoms with Gasteiger partial charge in [0.1, 0.15) is 17.8 Å². The summed E-state index contributed by atoms with van der Waals surface area (Å²) >= 11 is 0. The summed E-state index contributed by atoms with van der Waals surface area (Å²) in [6.45, 7) is 6.50. The zero-order valence-corrected chi connectivity index (χ0v) is 14.1. The third-order valence-corrected chi connectivity index (χ3v) is 6.66. The predicted octanol–water partition coefficient (Wildman–Crippen LogP) is 3.49. The maximum Gasteiger partial charge on any atom is 0.169 e. The predicted molar refractivity (Wildman–Crippen MR) is 85.1 cm³/mol. The lowest BCUT2D eigenvalue weighted by Gasteiger charge is -2.45. The molecule has 0 aromatic carbocycles. The second kappa shape index (κ2) is 5.04. The Labute approximate surface area is 138 Å². The Balaban J connectivity index is 1.42. The molecule has 0 aromatic heterocycles. The van der Waals surface area contributed by atoms with Crippen LogP contribution in [-0.4, -0.2) is 41.9 Å². The van der Waals surface area contributed by atoms with Gasteiger partial charge in [-0.25, -0.2) is 0 Å². The molecule has 3 aliphatic heterocycles. The lowest BCUT2D eigenvalue weighted by molar-refractivity contribution is -0.210. The molecular weight excluding hydrogens is 292 g/mol. The van der Waals surface area contributed by atoms with E-state index in [9.17, 15) is 0 Å². The van der Waals surface area contributed by atoms with Crippen molar-refractivity contribution in [2.45, 2.75) is 107 Å². The molecule has 6 atom stereocenters. The fraction of sp³-hybridized carbons (Fsp3) is 0.895. The fourth-order valence-corrected chi connectivity index (χ4v) is 5.64. The van der Waals surface area contributed by atoms with E-state index in [1.807, 2.05) is 0 Å². The molecule has 4 heteroatoms. The Kier molecular flexibility index (Phi) is 3.26. The molecule has 23 heavy (non-hydrogen) atoms. The fourth-order valence-electron chi connectivity index (χ4n) is 5.64. The van der Waals surface area contributed by atoms with E-state index >= 15 is 0 Å². The highest BCUT2D eigenvalue weighted by atomic mass is 16.8. The van der Waals surface area contributed by atoms with E-state index in [1.54, 1.807) is 0 Å². The van der Waals surface area contributed by atoms with Gasteiger partial charge in [0.2, 0.25) is 0 Å². The van der Waals surface area contributed by atoms with Crippen LogP contribution in [0.2, 0.25) is 0 Å². The number of hydrogen-bond acceptors (Lipinski definition) is 4. The van der Waals surface area contributed by atoms with Crippen LogP contribution < -0.4 is 0 Å². The molecule has 0 aromatic rings. The highest BCUT2D eigenvalue weighted by Crippen LogP contribution is 2.56. The van der Waals surface area contributed by atoms with Gasteiger partial charge in [0.15, 0.2) is 5.79 Å². The largest absolute Gasteiger partial charge is 0.368 e. The van der Waals surface area contributed by atoms with Crippen LogP contribution in [0.25, 0.3) is 0 Å². The Morgan fingerprint density at radius 1 is 1.04 bits per heavy atom. The van der Waals surface area contributed by atoms with Crippen molar-refractivity contribution in [3.05, 3.63) is 12.2 Å². The molecule has 0 N–H and O–H groups in total. The molecule has 5 rings (SSSR count). The standard InChI is InChI=1S/C19H28O4/c1-3-13-9-12(2)17-18(21-13)10-14(20-17)16-15(11-18)22-19(23-16)7-5-4-6-8-19/h13-17H,2-11H2,1H3/t13?,14-,15-,16+,17+,18-/m1/s1. The van der Waals surface area contributed by atoms with Gasteiger partial charge >= 0.3 is 0 Å². The van der Waals surface area contributed by atoms with Crippen molar-refractivity contribution in [2.24, 2.45) is 0 Å². The highest BCUT2D eigenvalue weighted by molar-refractivity contribution is 5.23. The minimum absolute atomic E-state index is 0.0374. The van der Waals surface area contributed by atoms with Gasteiger partial charge in [-0.3, -0.25) is 0 Å². The minimum atomic E-state index is -0.330. The van der Waals surface area contributed by atoms with Crippen LogP contribution >= 0.6 is 0 Å². The van der Waals surface area contributed by atoms with Crippen molar-refractivity contribution >= 4 is 0 Å². The molecule has 5 fully saturated rings. The first-order chi connectivity index (χ1) is 11.1. The topological polar surface area (TPSA) is 36.9 Å². The zero-order valence-electron chi connectivity index (χ0n) is 14.1. The van der Waals surface area contributed by atoms with E-state index in [0.29, 0.717) is 0 Å². The summed E-state index contributed by atoms with van der Waals surface area (Å²) in [7, 11) is 0. The Bertz CT molecular complexity index is 511. The van der Waals surface area contributed by atoms with Gasteiger partial charge in [-0.1, -0.05) is 19.9 Å². The first-order valence-corrected chi connectivity index (χ1v) is 9.50. The molecule has 128 valence electrons. The van der Waals surface area contributed by atoms with Crippen molar-refractivity contribution < 1.29 is 18.9 Å². The quantitative estimate of drug-likeness (QED) is 0.693. The van der Waals surface area contributed by atoms with Crippen molar-refractivity contribution in [3.63, 3.8) is 0 Å². The second-order valence-electron chi connectivity index (χ2n) is 8.25. The van der Waals surface area contributed by atoms with Crippen molar-refractivity contribution in [2.75, 3.05) is 0 Å². The molecule has 3 heterocycles. The first-order valence-electron chi connectivity index (χ1n) is 9.50. The first kappa shape index (κ1) is 14.9. The summed E-state index contributed by atoms with van der Waals surface area (Å²) in [4.78, 5) is 0. The highest BCUT2D eigenvalue weighted by Gasteiger charge is 2.65. The van der Waals surface area contributed by atoms with Crippen molar-refractivity contribution in [1.29, 1.82) is 0 Å². The van der Waals surface area contributed by atoms with Crippen LogP contribution in [0.4, 0.5) is 0 Å². The Hall–Kier alpha value is -0.420. The van der Waals surface area contributed by atoms with Crippen LogP contribution in [0.3, 0.4) is 0 Å². The van der Waals surface area contributed by atoms with Crippen LogP contribution in [0.15, 0.2) is 12.2 Å². The minimum Gasteiger partial charge on any atom is -0.368 e. The molecule has 0 radical (unpaired) electrons. The van der Waals surface area contributed by atoms with Gasteiger partial charge < -0.3 is 18.9 Å². The van der Waals surface area contributed by atoms with Crippen molar-refractivity contribution in [3.8, 4) is 0 Å². The van der Waals surface area contributed by atoms with Crippen LogP contribution in [-0.2, 0) is 18.9 Å². The van der Waals surface area contributed by atoms with Gasteiger partial charge in [0, 0.05) is 25.7 Å². The van der Waals surface area contributed by atoms with Crippen molar-refractivity contribution in [1.82, 2.24) is 0 Å². The van der Waals surface area contributed by atoms with E-state index in [-0.39, 0.29) is 41.9 Å². The molecule has 3 saturated heterocycles. The van der Waals surface area contributed by atoms with Gasteiger partial charge in [0.25, 0.3) is 0 Å². The molecular formula is C19H28O4. The van der Waals surface area contributed by atoms with Gasteiger partial charge in [-0.05, 0) is 31.3 Å². The summed E-state index contributed by atoms with van der Waals surface area (Å²) in [6.07, 6.45) is 10.2. The number of hydrogen-bond donors (Lipinski definition) is 0. The van der Waals surface area contributed by atoms with Crippen LogP contribution in [0.1, 0.15) is 64.7 Å². The SMILES string of the molecule is C=C1CC(CC)O[C@@]23C[C@@H](O[C@@H]12)[C@@H]1OC2(CCCCC2)O[C@@H]1C3. The van der Waals surface area contributed by atoms with Gasteiger partial charge in [-0.15, -0.1) is 0 Å². The molecule has 2 saturated carbocycles. The van der Waals surface area contributed by atoms with E-state index < -0.39 is 0 Å². The lowest BCUT2D eigenvalue weighted by Crippen LogP contribution is -2.54. The summed E-state index contributed by atoms with van der Waals surface area (Å²) in [5.41, 5.74) is 0.990. The van der Waals surface area contributed by atoms with E-state index in [1.165, 1.54) is 24.8 Å². The number of rotatable bonds is 1. The Morgan fingerprint density at radius 2 is 1.83 bits per heavy atom. The third kappa shape index (κ3) is 2.11. The normalized spacial score (nSPS) is 50.8. The van der Waals surface area contributed by atoms with Crippen LogP contribution in [0, 0.1) is 0 Å². The summed E-state index contributed by atoms with van der Waals surface area (Å²) in [6, 6.07) is 0. The van der Waals surface area contributed by atoms with E-state index in [4.69, 9.17) is 18.9 Å². The molecule has 2 bridgehead atoms. The molecule has 1 unspecified atom stereocenters. The maximum atomic E-state index is 6.55. The number of ether oxygens (including phenoxy) is 4. The maximum absolute atomic E-state index is 6.55. The smallest absolute Gasteiger partial charge is 0.169 e. The second-order valence-corrected chi connectivity index (χ2v) is 8.25. The van der Waals surface area contributed by atoms with Gasteiger partial charge in [0.05, 0.1) is 18.3 Å². The Morgan fingerprint density at radius 3 is 2.61 bits per heavy atom. The molecule has 2 aliphatic carbocycles. The third-order valence-electron chi connectivity index (χ3n) is 6.66. The molecule has 0 amide bonds. The van der Waals surface area contributed by atoms with Gasteiger partial charge in [-0.2, -0.15) is 0 Å².